The average molecular weight is 337 g/mol. The van der Waals surface area contributed by atoms with E-state index in [-0.39, 0.29) is 30.1 Å². The highest BCUT2D eigenvalue weighted by Crippen LogP contribution is 2.28. The van der Waals surface area contributed by atoms with Crippen LogP contribution >= 0.6 is 0 Å². The highest BCUT2D eigenvalue weighted by atomic mass is 16.5. The molecule has 3 rings (SSSR count). The van der Waals surface area contributed by atoms with E-state index in [0.717, 1.165) is 71.1 Å². The minimum absolute atomic E-state index is 0.0796. The molecule has 2 N–H and O–H groups in total. The second-order valence-corrected chi connectivity index (χ2v) is 7.42. The quantitative estimate of drug-likeness (QED) is 0.806. The number of amides is 3. The summed E-state index contributed by atoms with van der Waals surface area (Å²) in [4.78, 5) is 26.7. The summed E-state index contributed by atoms with van der Waals surface area (Å²) >= 11 is 0. The standard InChI is InChI=1S/C18H31N3O3/c1-2-15(16-6-5-11-24-16)20-18(23)19-14-8-7-13(12-14)17(22)21-9-3-4-10-21/h13-16H,2-12H2,1H3,(H2,19,20,23)/t13-,14+,15+,16-/m1/s1. The third kappa shape index (κ3) is 4.21. The van der Waals surface area contributed by atoms with Crippen LogP contribution in [0.3, 0.4) is 0 Å². The minimum Gasteiger partial charge on any atom is -0.376 e. The number of urea groups is 1. The Morgan fingerprint density at radius 3 is 2.62 bits per heavy atom. The smallest absolute Gasteiger partial charge is 0.315 e. The van der Waals surface area contributed by atoms with E-state index in [9.17, 15) is 9.59 Å². The van der Waals surface area contributed by atoms with Gasteiger partial charge in [0.05, 0.1) is 12.1 Å². The van der Waals surface area contributed by atoms with Gasteiger partial charge in [0.25, 0.3) is 0 Å². The summed E-state index contributed by atoms with van der Waals surface area (Å²) in [5.41, 5.74) is 0. The molecule has 6 nitrogen and oxygen atoms in total. The Kier molecular flexibility index (Phi) is 5.98. The normalized spacial score (nSPS) is 31.2. The molecule has 0 spiro atoms. The van der Waals surface area contributed by atoms with Crippen LogP contribution in [-0.2, 0) is 9.53 Å². The van der Waals surface area contributed by atoms with Crippen LogP contribution in [0.5, 0.6) is 0 Å². The van der Waals surface area contributed by atoms with Gasteiger partial charge >= 0.3 is 6.03 Å². The van der Waals surface area contributed by atoms with Crippen molar-refractivity contribution in [1.29, 1.82) is 0 Å². The van der Waals surface area contributed by atoms with Gasteiger partial charge in [-0.25, -0.2) is 4.79 Å². The van der Waals surface area contributed by atoms with E-state index in [0.29, 0.717) is 5.91 Å². The van der Waals surface area contributed by atoms with Crippen molar-refractivity contribution in [1.82, 2.24) is 15.5 Å². The van der Waals surface area contributed by atoms with E-state index in [4.69, 9.17) is 4.74 Å². The van der Waals surface area contributed by atoms with E-state index < -0.39 is 0 Å². The maximum Gasteiger partial charge on any atom is 0.315 e. The molecule has 0 aromatic carbocycles. The third-order valence-corrected chi connectivity index (χ3v) is 5.70. The van der Waals surface area contributed by atoms with Gasteiger partial charge in [0, 0.05) is 31.7 Å². The first-order valence-corrected chi connectivity index (χ1v) is 9.64. The van der Waals surface area contributed by atoms with Crippen LogP contribution in [0.2, 0.25) is 0 Å². The Morgan fingerprint density at radius 2 is 1.96 bits per heavy atom. The summed E-state index contributed by atoms with van der Waals surface area (Å²) < 4.78 is 5.69. The van der Waals surface area contributed by atoms with Gasteiger partial charge in [-0.15, -0.1) is 0 Å². The van der Waals surface area contributed by atoms with Crippen LogP contribution in [0.4, 0.5) is 4.79 Å². The molecule has 3 aliphatic rings. The van der Waals surface area contributed by atoms with Crippen LogP contribution < -0.4 is 10.6 Å². The van der Waals surface area contributed by atoms with E-state index in [1.807, 2.05) is 4.90 Å². The topological polar surface area (TPSA) is 70.7 Å². The van der Waals surface area contributed by atoms with Gasteiger partial charge in [-0.05, 0) is 51.4 Å². The Labute approximate surface area is 144 Å². The van der Waals surface area contributed by atoms with Crippen LogP contribution in [-0.4, -0.2) is 54.7 Å². The molecule has 3 fully saturated rings. The van der Waals surface area contributed by atoms with Gasteiger partial charge in [0.2, 0.25) is 5.91 Å². The summed E-state index contributed by atoms with van der Waals surface area (Å²) in [5, 5.41) is 6.13. The predicted octanol–water partition coefficient (Wildman–Crippen LogP) is 2.03. The number of ether oxygens (including phenoxy) is 1. The second kappa shape index (κ2) is 8.19. The van der Waals surface area contributed by atoms with Crippen LogP contribution in [0.15, 0.2) is 0 Å². The summed E-state index contributed by atoms with van der Waals surface area (Å²) in [5.74, 6) is 0.386. The largest absolute Gasteiger partial charge is 0.376 e. The Hall–Kier alpha value is -1.30. The number of hydrogen-bond acceptors (Lipinski definition) is 3. The maximum atomic E-state index is 12.5. The first-order valence-electron chi connectivity index (χ1n) is 9.64. The third-order valence-electron chi connectivity index (χ3n) is 5.70. The van der Waals surface area contributed by atoms with Gasteiger partial charge in [-0.3, -0.25) is 4.79 Å². The first-order chi connectivity index (χ1) is 11.7. The van der Waals surface area contributed by atoms with Gasteiger partial charge in [0.1, 0.15) is 0 Å². The Morgan fingerprint density at radius 1 is 1.17 bits per heavy atom. The molecule has 0 unspecified atom stereocenters. The van der Waals surface area contributed by atoms with E-state index in [2.05, 4.69) is 17.6 Å². The van der Waals surface area contributed by atoms with Gasteiger partial charge < -0.3 is 20.3 Å². The fourth-order valence-corrected chi connectivity index (χ4v) is 4.31. The van der Waals surface area contributed by atoms with Crippen molar-refractivity contribution in [3.8, 4) is 0 Å². The molecule has 3 amide bonds. The lowest BCUT2D eigenvalue weighted by Gasteiger charge is -2.24. The Balaban J connectivity index is 1.42. The summed E-state index contributed by atoms with van der Waals surface area (Å²) in [6, 6.07) is 0.0797. The molecule has 136 valence electrons. The molecule has 0 radical (unpaired) electrons. The van der Waals surface area contributed by atoms with Gasteiger partial charge in [0.15, 0.2) is 0 Å². The molecular weight excluding hydrogens is 306 g/mol. The summed E-state index contributed by atoms with van der Waals surface area (Å²) in [6.45, 7) is 4.70. The predicted molar refractivity (Wildman–Crippen MR) is 91.7 cm³/mol. The number of hydrogen-bond donors (Lipinski definition) is 2. The van der Waals surface area contributed by atoms with Gasteiger partial charge in [-0.2, -0.15) is 0 Å². The number of likely N-dealkylation sites (tertiary alicyclic amines) is 1. The number of nitrogens with one attached hydrogen (secondary N) is 2. The van der Waals surface area contributed by atoms with Crippen LogP contribution in [0, 0.1) is 5.92 Å². The van der Waals surface area contributed by atoms with Crippen molar-refractivity contribution in [2.45, 2.75) is 76.5 Å². The summed E-state index contributed by atoms with van der Waals surface area (Å²) in [6.07, 6.45) is 7.94. The number of nitrogens with zero attached hydrogens (tertiary/aromatic N) is 1. The molecule has 6 heteroatoms. The van der Waals surface area contributed by atoms with E-state index >= 15 is 0 Å². The molecular formula is C18H31N3O3. The van der Waals surface area contributed by atoms with E-state index in [1.54, 1.807) is 0 Å². The van der Waals surface area contributed by atoms with Crippen molar-refractivity contribution in [3.05, 3.63) is 0 Å². The molecule has 24 heavy (non-hydrogen) atoms. The highest BCUT2D eigenvalue weighted by molar-refractivity contribution is 5.80. The average Bonchev–Trinajstić information content (AvgIpc) is 3.33. The van der Waals surface area contributed by atoms with E-state index in [1.165, 1.54) is 0 Å². The summed E-state index contributed by atoms with van der Waals surface area (Å²) in [7, 11) is 0. The molecule has 0 aromatic rings. The van der Waals surface area contributed by atoms with Crippen molar-refractivity contribution >= 4 is 11.9 Å². The SMILES string of the molecule is CC[C@H](NC(=O)N[C@H]1CC[C@@H](C(=O)N2CCCC2)C1)[C@H]1CCCO1. The number of rotatable bonds is 5. The fraction of sp³-hybridized carbons (Fsp3) is 0.889. The second-order valence-electron chi connectivity index (χ2n) is 7.42. The lowest BCUT2D eigenvalue weighted by molar-refractivity contribution is -0.134. The van der Waals surface area contributed by atoms with Crippen molar-refractivity contribution in [2.24, 2.45) is 5.92 Å². The van der Waals surface area contributed by atoms with Crippen molar-refractivity contribution < 1.29 is 14.3 Å². The van der Waals surface area contributed by atoms with Gasteiger partial charge in [-0.1, -0.05) is 6.92 Å². The van der Waals surface area contributed by atoms with Crippen molar-refractivity contribution in [2.75, 3.05) is 19.7 Å². The molecule has 0 aromatic heterocycles. The number of carbonyl (C=O) groups excluding carboxylic acids is 2. The zero-order valence-corrected chi connectivity index (χ0v) is 14.8. The molecule has 0 bridgehead atoms. The lowest BCUT2D eigenvalue weighted by atomic mass is 10.1. The fourth-order valence-electron chi connectivity index (χ4n) is 4.31. The molecule has 1 aliphatic carbocycles. The maximum absolute atomic E-state index is 12.5. The zero-order valence-electron chi connectivity index (χ0n) is 14.8. The lowest BCUT2D eigenvalue weighted by Crippen LogP contribution is -2.49. The van der Waals surface area contributed by atoms with Crippen LogP contribution in [0.1, 0.15) is 58.3 Å². The monoisotopic (exact) mass is 337 g/mol. The first kappa shape index (κ1) is 17.5. The Bertz CT molecular complexity index is 445. The molecule has 2 aliphatic heterocycles. The zero-order chi connectivity index (χ0) is 16.9. The number of carbonyl (C=O) groups is 2. The molecule has 2 saturated heterocycles. The molecule has 2 heterocycles. The highest BCUT2D eigenvalue weighted by Gasteiger charge is 2.34. The van der Waals surface area contributed by atoms with Crippen LogP contribution in [0.25, 0.3) is 0 Å². The minimum atomic E-state index is -0.114. The molecule has 1 saturated carbocycles. The molecule has 4 atom stereocenters. The van der Waals surface area contributed by atoms with Crippen molar-refractivity contribution in [3.63, 3.8) is 0 Å².